The Labute approximate surface area is 158 Å². The lowest BCUT2D eigenvalue weighted by Gasteiger charge is -2.32. The summed E-state index contributed by atoms with van der Waals surface area (Å²) >= 11 is 0. The molecule has 1 aliphatic rings. The average Bonchev–Trinajstić information content (AvgIpc) is 2.68. The molecular formula is C19H22N2O5S. The van der Waals surface area contributed by atoms with E-state index in [1.807, 2.05) is 30.3 Å². The van der Waals surface area contributed by atoms with Crippen molar-refractivity contribution >= 4 is 21.7 Å². The maximum Gasteiger partial charge on any atom is 0.341 e. The van der Waals surface area contributed by atoms with E-state index in [1.165, 1.54) is 28.6 Å². The van der Waals surface area contributed by atoms with Crippen LogP contribution in [0.2, 0.25) is 0 Å². The van der Waals surface area contributed by atoms with Gasteiger partial charge in [-0.1, -0.05) is 18.2 Å². The number of ether oxygens (including phenoxy) is 1. The molecule has 0 bridgehead atoms. The molecule has 2 aromatic rings. The van der Waals surface area contributed by atoms with Crippen LogP contribution in [0, 0.1) is 0 Å². The molecule has 0 aliphatic carbocycles. The fourth-order valence-corrected chi connectivity index (χ4v) is 4.48. The minimum absolute atomic E-state index is 0.180. The minimum atomic E-state index is -3.57. The van der Waals surface area contributed by atoms with Gasteiger partial charge in [0.05, 0.1) is 4.90 Å². The predicted octanol–water partition coefficient (Wildman–Crippen LogP) is 2.42. The molecule has 0 saturated carbocycles. The normalized spacial score (nSPS) is 16.0. The van der Waals surface area contributed by atoms with Crippen LogP contribution >= 0.6 is 0 Å². The topological polar surface area (TPSA) is 95.9 Å². The van der Waals surface area contributed by atoms with E-state index < -0.39 is 22.6 Å². The lowest BCUT2D eigenvalue weighted by Crippen LogP contribution is -2.42. The second-order valence-corrected chi connectivity index (χ2v) is 8.28. The first-order valence-corrected chi connectivity index (χ1v) is 10.2. The van der Waals surface area contributed by atoms with Crippen molar-refractivity contribution in [2.45, 2.75) is 23.8 Å². The molecule has 1 saturated heterocycles. The summed E-state index contributed by atoms with van der Waals surface area (Å²) in [5, 5.41) is 12.0. The average molecular weight is 390 g/mol. The molecule has 1 fully saturated rings. The highest BCUT2D eigenvalue weighted by Crippen LogP contribution is 2.24. The highest BCUT2D eigenvalue weighted by Gasteiger charge is 2.29. The standard InChI is InChI=1S/C19H22N2O5S/c22-19(23)14-26-17-6-8-18(9-7-17)27(24,25)21-12-10-16(11-13-21)20-15-4-2-1-3-5-15/h1-9,16,20H,10-14H2,(H,22,23). The molecule has 2 aromatic carbocycles. The number of nitrogens with zero attached hydrogens (tertiary/aromatic N) is 1. The third-order valence-electron chi connectivity index (χ3n) is 4.42. The molecule has 0 atom stereocenters. The fourth-order valence-electron chi connectivity index (χ4n) is 3.01. The smallest absolute Gasteiger partial charge is 0.341 e. The van der Waals surface area contributed by atoms with Gasteiger partial charge in [0.25, 0.3) is 0 Å². The zero-order valence-corrected chi connectivity index (χ0v) is 15.6. The van der Waals surface area contributed by atoms with Gasteiger partial charge in [0.2, 0.25) is 10.0 Å². The third kappa shape index (κ3) is 4.99. The summed E-state index contributed by atoms with van der Waals surface area (Å²) in [6.07, 6.45) is 1.46. The number of carboxylic acid groups (broad SMARTS) is 1. The van der Waals surface area contributed by atoms with Crippen LogP contribution < -0.4 is 10.1 Å². The zero-order valence-electron chi connectivity index (χ0n) is 14.7. The van der Waals surface area contributed by atoms with Crippen LogP contribution in [-0.4, -0.2) is 49.5 Å². The Kier molecular flexibility index (Phi) is 5.98. The van der Waals surface area contributed by atoms with Gasteiger partial charge >= 0.3 is 5.97 Å². The number of aliphatic carboxylic acids is 1. The van der Waals surface area contributed by atoms with Crippen molar-refractivity contribution in [1.29, 1.82) is 0 Å². The Morgan fingerprint density at radius 3 is 2.30 bits per heavy atom. The number of sulfonamides is 1. The molecular weight excluding hydrogens is 368 g/mol. The van der Waals surface area contributed by atoms with Crippen molar-refractivity contribution in [1.82, 2.24) is 4.31 Å². The molecule has 0 spiro atoms. The molecule has 3 rings (SSSR count). The van der Waals surface area contributed by atoms with Crippen LogP contribution in [0.1, 0.15) is 12.8 Å². The number of carbonyl (C=O) groups is 1. The second kappa shape index (κ2) is 8.41. The predicted molar refractivity (Wildman–Crippen MR) is 101 cm³/mol. The number of benzene rings is 2. The molecule has 1 heterocycles. The van der Waals surface area contributed by atoms with Crippen LogP contribution in [-0.2, 0) is 14.8 Å². The molecule has 8 heteroatoms. The summed E-state index contributed by atoms with van der Waals surface area (Å²) in [5.74, 6) is -0.763. The molecule has 7 nitrogen and oxygen atoms in total. The summed E-state index contributed by atoms with van der Waals surface area (Å²) in [5.41, 5.74) is 1.04. The Hall–Kier alpha value is -2.58. The van der Waals surface area contributed by atoms with Gasteiger partial charge in [-0.25, -0.2) is 13.2 Å². The van der Waals surface area contributed by atoms with Crippen molar-refractivity contribution in [3.63, 3.8) is 0 Å². The van der Waals surface area contributed by atoms with E-state index in [9.17, 15) is 13.2 Å². The Morgan fingerprint density at radius 2 is 1.70 bits per heavy atom. The van der Waals surface area contributed by atoms with Crippen molar-refractivity contribution in [2.75, 3.05) is 25.0 Å². The lowest BCUT2D eigenvalue weighted by molar-refractivity contribution is -0.139. The summed E-state index contributed by atoms with van der Waals surface area (Å²) in [6, 6.07) is 16.0. The second-order valence-electron chi connectivity index (χ2n) is 6.34. The van der Waals surface area contributed by atoms with Gasteiger partial charge in [-0.3, -0.25) is 0 Å². The van der Waals surface area contributed by atoms with Crippen LogP contribution in [0.15, 0.2) is 59.5 Å². The molecule has 0 unspecified atom stereocenters. The Bertz CT molecular complexity index is 861. The van der Waals surface area contributed by atoms with Crippen molar-refractivity contribution in [3.8, 4) is 5.75 Å². The van der Waals surface area contributed by atoms with Crippen LogP contribution in [0.25, 0.3) is 0 Å². The number of rotatable bonds is 7. The van der Waals surface area contributed by atoms with Crippen molar-refractivity contribution in [2.24, 2.45) is 0 Å². The first kappa shape index (κ1) is 19.2. The van der Waals surface area contributed by atoms with Crippen LogP contribution in [0.3, 0.4) is 0 Å². The van der Waals surface area contributed by atoms with Gasteiger partial charge in [-0.15, -0.1) is 0 Å². The molecule has 27 heavy (non-hydrogen) atoms. The maximum atomic E-state index is 12.8. The molecule has 0 radical (unpaired) electrons. The van der Waals surface area contributed by atoms with Gasteiger partial charge in [0.1, 0.15) is 5.75 Å². The molecule has 1 aliphatic heterocycles. The first-order chi connectivity index (χ1) is 12.9. The number of para-hydroxylation sites is 1. The maximum absolute atomic E-state index is 12.8. The van der Waals surface area contributed by atoms with Gasteiger partial charge in [0, 0.05) is 24.8 Å². The first-order valence-electron chi connectivity index (χ1n) is 8.71. The number of piperidine rings is 1. The highest BCUT2D eigenvalue weighted by molar-refractivity contribution is 7.89. The SMILES string of the molecule is O=C(O)COc1ccc(S(=O)(=O)N2CCC(Nc3ccccc3)CC2)cc1. The number of carboxylic acids is 1. The summed E-state index contributed by atoms with van der Waals surface area (Å²) in [4.78, 5) is 10.7. The van der Waals surface area contributed by atoms with Crippen LogP contribution in [0.5, 0.6) is 5.75 Å². The molecule has 0 amide bonds. The number of hydrogen-bond donors (Lipinski definition) is 2. The van der Waals surface area contributed by atoms with Crippen LogP contribution in [0.4, 0.5) is 5.69 Å². The molecule has 144 valence electrons. The van der Waals surface area contributed by atoms with Gasteiger partial charge in [0.15, 0.2) is 6.61 Å². The molecule has 0 aromatic heterocycles. The van der Waals surface area contributed by atoms with Crippen molar-refractivity contribution < 1.29 is 23.1 Å². The quantitative estimate of drug-likeness (QED) is 0.754. The van der Waals surface area contributed by atoms with E-state index in [2.05, 4.69) is 5.32 Å². The lowest BCUT2D eigenvalue weighted by atomic mass is 10.1. The summed E-state index contributed by atoms with van der Waals surface area (Å²) < 4.78 is 32.1. The largest absolute Gasteiger partial charge is 0.482 e. The number of hydrogen-bond acceptors (Lipinski definition) is 5. The highest BCUT2D eigenvalue weighted by atomic mass is 32.2. The third-order valence-corrected chi connectivity index (χ3v) is 6.34. The van der Waals surface area contributed by atoms with Gasteiger partial charge in [-0.05, 0) is 49.2 Å². The summed E-state index contributed by atoms with van der Waals surface area (Å²) in [6.45, 7) is 0.433. The van der Waals surface area contributed by atoms with Gasteiger partial charge < -0.3 is 15.2 Å². The van der Waals surface area contributed by atoms with Crippen molar-refractivity contribution in [3.05, 3.63) is 54.6 Å². The fraction of sp³-hybridized carbons (Fsp3) is 0.316. The van der Waals surface area contributed by atoms with Gasteiger partial charge in [-0.2, -0.15) is 4.31 Å². The van der Waals surface area contributed by atoms with E-state index in [1.54, 1.807) is 0 Å². The Balaban J connectivity index is 1.58. The number of anilines is 1. The van der Waals surface area contributed by atoms with E-state index >= 15 is 0 Å². The Morgan fingerprint density at radius 1 is 1.07 bits per heavy atom. The zero-order chi connectivity index (χ0) is 19.3. The minimum Gasteiger partial charge on any atom is -0.482 e. The monoisotopic (exact) mass is 390 g/mol. The summed E-state index contributed by atoms with van der Waals surface area (Å²) in [7, 11) is -3.57. The van der Waals surface area contributed by atoms with E-state index in [0.29, 0.717) is 18.8 Å². The van der Waals surface area contributed by atoms with E-state index in [4.69, 9.17) is 9.84 Å². The van der Waals surface area contributed by atoms with E-state index in [0.717, 1.165) is 18.5 Å². The molecule has 2 N–H and O–H groups in total. The number of nitrogens with one attached hydrogen (secondary N) is 1. The van der Waals surface area contributed by atoms with E-state index in [-0.39, 0.29) is 10.9 Å².